The SMILES string of the molecule is COc1cc([C@@H](O)[P@](=O)(OC)c2ccc(N(C)C)cc2)cc(OC)c1OC. The molecule has 0 amide bonds. The molecule has 0 unspecified atom stereocenters. The highest BCUT2D eigenvalue weighted by molar-refractivity contribution is 7.67. The van der Waals surface area contributed by atoms with Crippen LogP contribution in [0.3, 0.4) is 0 Å². The Labute approximate surface area is 159 Å². The van der Waals surface area contributed by atoms with Crippen molar-refractivity contribution < 1.29 is 28.4 Å². The van der Waals surface area contributed by atoms with E-state index in [4.69, 9.17) is 18.7 Å². The topological polar surface area (TPSA) is 77.5 Å². The maximum absolute atomic E-state index is 13.5. The summed E-state index contributed by atoms with van der Waals surface area (Å²) in [6, 6.07) is 10.2. The molecule has 0 aliphatic heterocycles. The number of nitrogens with zero attached hydrogens (tertiary/aromatic N) is 1. The minimum absolute atomic E-state index is 0.339. The molecule has 0 spiro atoms. The second-order valence-corrected chi connectivity index (χ2v) is 8.59. The van der Waals surface area contributed by atoms with Crippen molar-refractivity contribution in [1.82, 2.24) is 0 Å². The number of aliphatic hydroxyl groups excluding tert-OH is 1. The molecule has 1 N–H and O–H groups in total. The van der Waals surface area contributed by atoms with Crippen molar-refractivity contribution in [3.05, 3.63) is 42.0 Å². The Hall–Kier alpha value is -2.21. The van der Waals surface area contributed by atoms with Gasteiger partial charge in [0, 0.05) is 32.2 Å². The molecule has 0 heterocycles. The highest BCUT2D eigenvalue weighted by Gasteiger charge is 2.36. The molecule has 0 bridgehead atoms. The van der Waals surface area contributed by atoms with Crippen molar-refractivity contribution in [2.24, 2.45) is 0 Å². The van der Waals surface area contributed by atoms with Gasteiger partial charge in [-0.1, -0.05) is 0 Å². The van der Waals surface area contributed by atoms with E-state index in [1.54, 1.807) is 24.3 Å². The predicted molar refractivity (Wildman–Crippen MR) is 106 cm³/mol. The van der Waals surface area contributed by atoms with Crippen LogP contribution >= 0.6 is 7.37 Å². The first-order valence-corrected chi connectivity index (χ1v) is 9.93. The van der Waals surface area contributed by atoms with Crippen LogP contribution in [0.15, 0.2) is 36.4 Å². The third kappa shape index (κ3) is 4.05. The number of aliphatic hydroxyl groups is 1. The van der Waals surface area contributed by atoms with Gasteiger partial charge in [0.15, 0.2) is 17.3 Å². The third-order valence-electron chi connectivity index (χ3n) is 4.30. The van der Waals surface area contributed by atoms with E-state index in [0.717, 1.165) is 5.69 Å². The second kappa shape index (κ2) is 8.65. The number of methoxy groups -OCH3 is 3. The first-order valence-electron chi connectivity index (χ1n) is 8.23. The maximum Gasteiger partial charge on any atom is 0.263 e. The van der Waals surface area contributed by atoms with Crippen LogP contribution in [0.1, 0.15) is 11.4 Å². The van der Waals surface area contributed by atoms with Gasteiger partial charge in [-0.2, -0.15) is 0 Å². The Morgan fingerprint density at radius 3 is 1.81 bits per heavy atom. The molecule has 0 saturated carbocycles. The summed E-state index contributed by atoms with van der Waals surface area (Å²) in [5, 5.41) is 11.3. The van der Waals surface area contributed by atoms with Crippen molar-refractivity contribution >= 4 is 18.4 Å². The highest BCUT2D eigenvalue weighted by atomic mass is 31.2. The predicted octanol–water partition coefficient (Wildman–Crippen LogP) is 3.02. The number of hydrogen-bond acceptors (Lipinski definition) is 7. The Bertz CT molecular complexity index is 796. The standard InChI is InChI=1S/C19H26NO6P/c1-20(2)14-7-9-15(10-8-14)27(22,26-6)19(21)13-11-16(23-3)18(25-5)17(12-13)24-4/h7-12,19,21H,1-6H3/t19-,27+/m0/s1. The molecule has 2 atom stereocenters. The Kier molecular flexibility index (Phi) is 6.76. The van der Waals surface area contributed by atoms with Crippen molar-refractivity contribution in [1.29, 1.82) is 0 Å². The molecule has 0 aliphatic rings. The quantitative estimate of drug-likeness (QED) is 0.689. The molecule has 2 aromatic carbocycles. The third-order valence-corrected chi connectivity index (χ3v) is 6.81. The van der Waals surface area contributed by atoms with E-state index in [2.05, 4.69) is 0 Å². The van der Waals surface area contributed by atoms with Crippen LogP contribution in [-0.4, -0.2) is 47.6 Å². The molecular formula is C19H26NO6P. The minimum Gasteiger partial charge on any atom is -0.493 e. The first kappa shape index (κ1) is 21.1. The summed E-state index contributed by atoms with van der Waals surface area (Å²) in [6.45, 7) is 0. The summed E-state index contributed by atoms with van der Waals surface area (Å²) in [7, 11) is 5.97. The van der Waals surface area contributed by atoms with Crippen LogP contribution in [-0.2, 0) is 9.09 Å². The monoisotopic (exact) mass is 395 g/mol. The summed E-state index contributed by atoms with van der Waals surface area (Å²) < 4.78 is 34.8. The van der Waals surface area contributed by atoms with Crippen molar-refractivity contribution in [2.45, 2.75) is 5.85 Å². The van der Waals surface area contributed by atoms with E-state index in [9.17, 15) is 9.67 Å². The summed E-state index contributed by atoms with van der Waals surface area (Å²) in [4.78, 5) is 1.93. The number of benzene rings is 2. The van der Waals surface area contributed by atoms with Gasteiger partial charge in [0.25, 0.3) is 7.37 Å². The fourth-order valence-electron chi connectivity index (χ4n) is 2.75. The van der Waals surface area contributed by atoms with Gasteiger partial charge < -0.3 is 28.7 Å². The van der Waals surface area contributed by atoms with Gasteiger partial charge >= 0.3 is 0 Å². The molecule has 8 heteroatoms. The van der Waals surface area contributed by atoms with Crippen LogP contribution in [0.2, 0.25) is 0 Å². The van der Waals surface area contributed by atoms with Gasteiger partial charge in [0.05, 0.1) is 21.3 Å². The molecule has 0 fully saturated rings. The molecule has 0 saturated heterocycles. The van der Waals surface area contributed by atoms with E-state index < -0.39 is 13.2 Å². The van der Waals surface area contributed by atoms with Crippen molar-refractivity contribution in [2.75, 3.05) is 47.4 Å². The van der Waals surface area contributed by atoms with Crippen molar-refractivity contribution in [3.8, 4) is 17.2 Å². The zero-order valence-corrected chi connectivity index (χ0v) is 17.3. The van der Waals surface area contributed by atoms with Crippen LogP contribution in [0.4, 0.5) is 5.69 Å². The van der Waals surface area contributed by atoms with E-state index in [0.29, 0.717) is 28.1 Å². The summed E-state index contributed by atoms with van der Waals surface area (Å²) >= 11 is 0. The molecule has 0 radical (unpaired) electrons. The number of anilines is 1. The summed E-state index contributed by atoms with van der Waals surface area (Å²) in [6.07, 6.45) is 0. The average Bonchev–Trinajstić information content (AvgIpc) is 2.71. The van der Waals surface area contributed by atoms with E-state index in [1.165, 1.54) is 28.4 Å². The lowest BCUT2D eigenvalue weighted by atomic mass is 10.2. The molecule has 27 heavy (non-hydrogen) atoms. The largest absolute Gasteiger partial charge is 0.493 e. The Balaban J connectivity index is 2.52. The zero-order valence-electron chi connectivity index (χ0n) is 16.4. The van der Waals surface area contributed by atoms with E-state index >= 15 is 0 Å². The fourth-order valence-corrected chi connectivity index (χ4v) is 4.55. The molecule has 0 aliphatic carbocycles. The minimum atomic E-state index is -3.61. The number of rotatable bonds is 8. The van der Waals surface area contributed by atoms with Crippen LogP contribution in [0.5, 0.6) is 17.2 Å². The molecule has 2 rings (SSSR count). The molecular weight excluding hydrogens is 369 g/mol. The Morgan fingerprint density at radius 1 is 0.926 bits per heavy atom. The van der Waals surface area contributed by atoms with Gasteiger partial charge in [-0.25, -0.2) is 0 Å². The number of ether oxygens (including phenoxy) is 3. The maximum atomic E-state index is 13.5. The zero-order chi connectivity index (χ0) is 20.2. The van der Waals surface area contributed by atoms with Gasteiger partial charge in [-0.15, -0.1) is 0 Å². The smallest absolute Gasteiger partial charge is 0.263 e. The summed E-state index contributed by atoms with van der Waals surface area (Å²) in [5.74, 6) is -0.298. The number of hydrogen-bond donors (Lipinski definition) is 1. The van der Waals surface area contributed by atoms with Gasteiger partial charge in [-0.05, 0) is 42.0 Å². The molecule has 148 valence electrons. The van der Waals surface area contributed by atoms with E-state index in [-0.39, 0.29) is 0 Å². The molecule has 0 aromatic heterocycles. The van der Waals surface area contributed by atoms with Crippen molar-refractivity contribution in [3.63, 3.8) is 0 Å². The Morgan fingerprint density at radius 2 is 1.44 bits per heavy atom. The van der Waals surface area contributed by atoms with Crippen LogP contribution in [0.25, 0.3) is 0 Å². The van der Waals surface area contributed by atoms with Gasteiger partial charge in [0.1, 0.15) is 0 Å². The highest BCUT2D eigenvalue weighted by Crippen LogP contribution is 2.58. The molecule has 2 aromatic rings. The average molecular weight is 395 g/mol. The lowest BCUT2D eigenvalue weighted by Crippen LogP contribution is -2.15. The normalized spacial score (nSPS) is 14.2. The van der Waals surface area contributed by atoms with Crippen LogP contribution in [0, 0.1) is 0 Å². The fraction of sp³-hybridized carbons (Fsp3) is 0.368. The van der Waals surface area contributed by atoms with Crippen LogP contribution < -0.4 is 24.4 Å². The molecule has 7 nitrogen and oxygen atoms in total. The summed E-state index contributed by atoms with van der Waals surface area (Å²) in [5.41, 5.74) is 1.29. The van der Waals surface area contributed by atoms with Gasteiger partial charge in [0.2, 0.25) is 5.75 Å². The lowest BCUT2D eigenvalue weighted by molar-refractivity contribution is 0.227. The lowest BCUT2D eigenvalue weighted by Gasteiger charge is -2.24. The van der Waals surface area contributed by atoms with Gasteiger partial charge in [-0.3, -0.25) is 4.57 Å². The van der Waals surface area contributed by atoms with E-state index in [1.807, 2.05) is 31.1 Å². The first-order chi connectivity index (χ1) is 12.8. The second-order valence-electron chi connectivity index (χ2n) is 6.02.